The molecule has 1 aliphatic carbocycles. The molecular weight excluding hydrogens is 242 g/mol. The van der Waals surface area contributed by atoms with Crippen molar-refractivity contribution in [1.82, 2.24) is 14.9 Å². The van der Waals surface area contributed by atoms with Gasteiger partial charge in [-0.3, -0.25) is 4.79 Å². The second-order valence-corrected chi connectivity index (χ2v) is 4.90. The van der Waals surface area contributed by atoms with Crippen molar-refractivity contribution in [3.63, 3.8) is 0 Å². The highest BCUT2D eigenvalue weighted by Crippen LogP contribution is 2.36. The van der Waals surface area contributed by atoms with Gasteiger partial charge in [0.1, 0.15) is 5.82 Å². The molecule has 100 valence electrons. The Morgan fingerprint density at radius 1 is 1.58 bits per heavy atom. The number of nitrogens with one attached hydrogen (secondary N) is 1. The summed E-state index contributed by atoms with van der Waals surface area (Å²) in [4.78, 5) is 16.1. The zero-order valence-electron chi connectivity index (χ0n) is 10.9. The van der Waals surface area contributed by atoms with Crippen molar-refractivity contribution in [3.8, 4) is 0 Å². The van der Waals surface area contributed by atoms with Crippen molar-refractivity contribution in [1.29, 1.82) is 0 Å². The summed E-state index contributed by atoms with van der Waals surface area (Å²) in [6.07, 6.45) is 6.63. The molecule has 1 N–H and O–H groups in total. The van der Waals surface area contributed by atoms with E-state index >= 15 is 0 Å². The minimum absolute atomic E-state index is 0.175. The van der Waals surface area contributed by atoms with Crippen molar-refractivity contribution in [2.75, 3.05) is 6.54 Å². The number of imidazole rings is 1. The van der Waals surface area contributed by atoms with Crippen LogP contribution in [0, 0.1) is 6.92 Å². The van der Waals surface area contributed by atoms with Crippen LogP contribution >= 0.6 is 0 Å². The molecule has 1 aliphatic rings. The Bertz CT molecular complexity index is 568. The molecule has 1 fully saturated rings. The van der Waals surface area contributed by atoms with E-state index in [9.17, 15) is 4.79 Å². The van der Waals surface area contributed by atoms with Gasteiger partial charge in [-0.05, 0) is 31.9 Å². The van der Waals surface area contributed by atoms with Gasteiger partial charge < -0.3 is 14.3 Å². The first-order valence-electron chi connectivity index (χ1n) is 6.60. The summed E-state index contributed by atoms with van der Waals surface area (Å²) in [5.41, 5.74) is 1.20. The number of aromatic nitrogens is 2. The van der Waals surface area contributed by atoms with Crippen LogP contribution in [0.25, 0.3) is 0 Å². The first-order chi connectivity index (χ1) is 9.25. The van der Waals surface area contributed by atoms with Crippen molar-refractivity contribution in [2.45, 2.75) is 32.2 Å². The molecule has 19 heavy (non-hydrogen) atoms. The standard InChI is InChI=1S/C14H17N3O2/c1-10-9-16-13(17(10)11-4-5-11)6-7-15-14(18)12-3-2-8-19-12/h2-3,8-9,11H,4-7H2,1H3,(H,15,18). The first kappa shape index (κ1) is 12.0. The average molecular weight is 259 g/mol. The maximum absolute atomic E-state index is 11.7. The Balaban J connectivity index is 1.57. The normalized spacial score (nSPS) is 14.6. The molecule has 2 aromatic rings. The predicted molar refractivity (Wildman–Crippen MR) is 70.0 cm³/mol. The Morgan fingerprint density at radius 3 is 3.11 bits per heavy atom. The summed E-state index contributed by atoms with van der Waals surface area (Å²) in [5, 5.41) is 2.84. The van der Waals surface area contributed by atoms with E-state index in [4.69, 9.17) is 4.42 Å². The molecule has 3 rings (SSSR count). The molecule has 1 amide bonds. The van der Waals surface area contributed by atoms with Gasteiger partial charge in [0, 0.05) is 30.9 Å². The molecule has 5 nitrogen and oxygen atoms in total. The number of furan rings is 1. The van der Waals surface area contributed by atoms with E-state index in [1.54, 1.807) is 12.1 Å². The molecule has 0 radical (unpaired) electrons. The van der Waals surface area contributed by atoms with E-state index in [0.717, 1.165) is 12.2 Å². The number of aryl methyl sites for hydroxylation is 1. The van der Waals surface area contributed by atoms with Crippen LogP contribution in [0.3, 0.4) is 0 Å². The SMILES string of the molecule is Cc1cnc(CCNC(=O)c2ccco2)n1C1CC1. The van der Waals surface area contributed by atoms with Gasteiger partial charge in [-0.1, -0.05) is 0 Å². The molecule has 0 unspecified atom stereocenters. The maximum Gasteiger partial charge on any atom is 0.286 e. The van der Waals surface area contributed by atoms with Crippen LogP contribution in [0.5, 0.6) is 0 Å². The quantitative estimate of drug-likeness (QED) is 0.894. The van der Waals surface area contributed by atoms with E-state index < -0.39 is 0 Å². The maximum atomic E-state index is 11.7. The van der Waals surface area contributed by atoms with Crippen LogP contribution in [0.1, 0.15) is 41.0 Å². The minimum atomic E-state index is -0.175. The number of amides is 1. The minimum Gasteiger partial charge on any atom is -0.459 e. The molecule has 1 saturated carbocycles. The number of hydrogen-bond acceptors (Lipinski definition) is 3. The number of carbonyl (C=O) groups excluding carboxylic acids is 1. The third-order valence-electron chi connectivity index (χ3n) is 3.35. The molecule has 0 bridgehead atoms. The Kier molecular flexibility index (Phi) is 3.11. The Labute approximate surface area is 111 Å². The van der Waals surface area contributed by atoms with Gasteiger partial charge in [0.25, 0.3) is 5.91 Å². The van der Waals surface area contributed by atoms with Crippen LogP contribution < -0.4 is 5.32 Å². The topological polar surface area (TPSA) is 60.1 Å². The van der Waals surface area contributed by atoms with Gasteiger partial charge in [0.05, 0.1) is 6.26 Å². The highest BCUT2D eigenvalue weighted by Gasteiger charge is 2.26. The molecular formula is C14H17N3O2. The fourth-order valence-electron chi connectivity index (χ4n) is 2.30. The van der Waals surface area contributed by atoms with Gasteiger partial charge in [-0.2, -0.15) is 0 Å². The zero-order valence-corrected chi connectivity index (χ0v) is 10.9. The summed E-state index contributed by atoms with van der Waals surface area (Å²) in [6, 6.07) is 3.99. The van der Waals surface area contributed by atoms with Gasteiger partial charge in [0.15, 0.2) is 5.76 Å². The molecule has 0 saturated heterocycles. The van der Waals surface area contributed by atoms with Crippen LogP contribution in [-0.2, 0) is 6.42 Å². The fourth-order valence-corrected chi connectivity index (χ4v) is 2.30. The first-order valence-corrected chi connectivity index (χ1v) is 6.60. The average Bonchev–Trinajstić information content (AvgIpc) is 2.95. The monoisotopic (exact) mass is 259 g/mol. The fraction of sp³-hybridized carbons (Fsp3) is 0.429. The molecule has 0 aliphatic heterocycles. The molecule has 0 spiro atoms. The van der Waals surface area contributed by atoms with Crippen LogP contribution in [-0.4, -0.2) is 22.0 Å². The highest BCUT2D eigenvalue weighted by atomic mass is 16.3. The summed E-state index contributed by atoms with van der Waals surface area (Å²) in [5.74, 6) is 1.23. The number of carbonyl (C=O) groups is 1. The van der Waals surface area contributed by atoms with Gasteiger partial charge in [-0.25, -0.2) is 4.98 Å². The largest absolute Gasteiger partial charge is 0.459 e. The van der Waals surface area contributed by atoms with Gasteiger partial charge in [-0.15, -0.1) is 0 Å². The van der Waals surface area contributed by atoms with Crippen molar-refractivity contribution in [2.24, 2.45) is 0 Å². The lowest BCUT2D eigenvalue weighted by atomic mass is 10.3. The zero-order chi connectivity index (χ0) is 13.2. The third kappa shape index (κ3) is 2.54. The molecule has 5 heteroatoms. The molecule has 2 heterocycles. The lowest BCUT2D eigenvalue weighted by molar-refractivity contribution is 0.0926. The van der Waals surface area contributed by atoms with E-state index in [0.29, 0.717) is 18.3 Å². The van der Waals surface area contributed by atoms with Gasteiger partial charge in [0.2, 0.25) is 0 Å². The molecule has 0 atom stereocenters. The van der Waals surface area contributed by atoms with E-state index in [2.05, 4.69) is 21.8 Å². The molecule has 0 aromatic carbocycles. The third-order valence-corrected chi connectivity index (χ3v) is 3.35. The Hall–Kier alpha value is -2.04. The summed E-state index contributed by atoms with van der Waals surface area (Å²) in [7, 11) is 0. The summed E-state index contributed by atoms with van der Waals surface area (Å²) < 4.78 is 7.33. The van der Waals surface area contributed by atoms with Crippen LogP contribution in [0.4, 0.5) is 0 Å². The van der Waals surface area contributed by atoms with Crippen molar-refractivity contribution >= 4 is 5.91 Å². The highest BCUT2D eigenvalue weighted by molar-refractivity contribution is 5.91. The smallest absolute Gasteiger partial charge is 0.286 e. The van der Waals surface area contributed by atoms with Gasteiger partial charge >= 0.3 is 0 Å². The summed E-state index contributed by atoms with van der Waals surface area (Å²) in [6.45, 7) is 2.65. The van der Waals surface area contributed by atoms with Crippen LogP contribution in [0.2, 0.25) is 0 Å². The number of hydrogen-bond donors (Lipinski definition) is 1. The van der Waals surface area contributed by atoms with E-state index in [-0.39, 0.29) is 5.91 Å². The number of rotatable bonds is 5. The second kappa shape index (κ2) is 4.91. The lowest BCUT2D eigenvalue weighted by Crippen LogP contribution is -2.26. The summed E-state index contributed by atoms with van der Waals surface area (Å²) >= 11 is 0. The van der Waals surface area contributed by atoms with E-state index in [1.807, 2.05) is 6.20 Å². The molecule has 2 aromatic heterocycles. The number of nitrogens with zero attached hydrogens (tertiary/aromatic N) is 2. The second-order valence-electron chi connectivity index (χ2n) is 4.90. The van der Waals surface area contributed by atoms with Crippen molar-refractivity contribution in [3.05, 3.63) is 41.9 Å². The van der Waals surface area contributed by atoms with E-state index in [1.165, 1.54) is 24.8 Å². The van der Waals surface area contributed by atoms with Crippen molar-refractivity contribution < 1.29 is 9.21 Å². The predicted octanol–water partition coefficient (Wildman–Crippen LogP) is 2.09. The van der Waals surface area contributed by atoms with Crippen LogP contribution in [0.15, 0.2) is 29.0 Å². The lowest BCUT2D eigenvalue weighted by Gasteiger charge is -2.08. The Morgan fingerprint density at radius 2 is 2.42 bits per heavy atom.